The lowest BCUT2D eigenvalue weighted by molar-refractivity contribution is -0.386. The zero-order valence-electron chi connectivity index (χ0n) is 12.0. The second-order valence-electron chi connectivity index (χ2n) is 4.93. The van der Waals surface area contributed by atoms with Crippen molar-refractivity contribution in [1.82, 2.24) is 29.1 Å². The summed E-state index contributed by atoms with van der Waals surface area (Å²) in [5.41, 5.74) is 0.254. The quantitative estimate of drug-likeness (QED) is 0.538. The number of nitrogens with zero attached hydrogens (tertiary/aromatic N) is 7. The molecule has 0 aliphatic carbocycles. The van der Waals surface area contributed by atoms with Crippen molar-refractivity contribution in [2.24, 2.45) is 0 Å². The van der Waals surface area contributed by atoms with E-state index in [-0.39, 0.29) is 17.4 Å². The largest absolute Gasteiger partial charge is 0.334 e. The van der Waals surface area contributed by atoms with E-state index in [2.05, 4.69) is 19.9 Å². The van der Waals surface area contributed by atoms with Gasteiger partial charge in [-0.15, -0.1) is 0 Å². The zero-order chi connectivity index (χ0) is 15.7. The molecule has 0 aliphatic heterocycles. The molecular weight excluding hydrogens is 286 g/mol. The van der Waals surface area contributed by atoms with Gasteiger partial charge in [0.25, 0.3) is 0 Å². The normalized spacial score (nSPS) is 11.0. The highest BCUT2D eigenvalue weighted by molar-refractivity contribution is 5.53. The van der Waals surface area contributed by atoms with Crippen molar-refractivity contribution < 1.29 is 4.92 Å². The molecule has 0 amide bonds. The van der Waals surface area contributed by atoms with Crippen molar-refractivity contribution in [3.63, 3.8) is 0 Å². The van der Waals surface area contributed by atoms with Crippen molar-refractivity contribution in [2.45, 2.75) is 19.8 Å². The predicted molar refractivity (Wildman–Crippen MR) is 77.0 cm³/mol. The van der Waals surface area contributed by atoms with Gasteiger partial charge in [0, 0.05) is 30.7 Å². The fraction of sp³-hybridized carbons (Fsp3) is 0.231. The van der Waals surface area contributed by atoms with E-state index in [1.165, 1.54) is 17.1 Å². The molecule has 22 heavy (non-hydrogen) atoms. The van der Waals surface area contributed by atoms with Crippen LogP contribution in [0.25, 0.3) is 11.8 Å². The standard InChI is InChI=1S/C13H13N7O2/c1-9(2)10-11(20(21)22)12(18-5-3-14-7-18)17-13(16-10)19-6-4-15-8-19/h3-9H,1-2H3. The maximum absolute atomic E-state index is 11.5. The molecule has 0 saturated heterocycles. The maximum atomic E-state index is 11.5. The Bertz CT molecular complexity index is 794. The van der Waals surface area contributed by atoms with Crippen molar-refractivity contribution in [3.05, 3.63) is 53.3 Å². The van der Waals surface area contributed by atoms with Crippen LogP contribution in [-0.2, 0) is 0 Å². The van der Waals surface area contributed by atoms with Crippen molar-refractivity contribution in [1.29, 1.82) is 0 Å². The minimum absolute atomic E-state index is 0.114. The van der Waals surface area contributed by atoms with Crippen LogP contribution in [0.2, 0.25) is 0 Å². The first-order chi connectivity index (χ1) is 10.6. The highest BCUT2D eigenvalue weighted by Crippen LogP contribution is 2.30. The molecule has 3 rings (SSSR count). The monoisotopic (exact) mass is 299 g/mol. The third-order valence-electron chi connectivity index (χ3n) is 3.09. The molecule has 0 spiro atoms. The average Bonchev–Trinajstić information content (AvgIpc) is 3.18. The lowest BCUT2D eigenvalue weighted by atomic mass is 10.1. The molecule has 9 nitrogen and oxygen atoms in total. The van der Waals surface area contributed by atoms with E-state index in [0.717, 1.165) is 0 Å². The molecule has 0 bridgehead atoms. The molecule has 3 aromatic heterocycles. The first-order valence-electron chi connectivity index (χ1n) is 6.61. The van der Waals surface area contributed by atoms with Crippen LogP contribution in [0, 0.1) is 10.1 Å². The summed E-state index contributed by atoms with van der Waals surface area (Å²) in [6.45, 7) is 3.70. The second-order valence-corrected chi connectivity index (χ2v) is 4.93. The first-order valence-corrected chi connectivity index (χ1v) is 6.61. The third-order valence-corrected chi connectivity index (χ3v) is 3.09. The molecule has 112 valence electrons. The Morgan fingerprint density at radius 1 is 1.09 bits per heavy atom. The highest BCUT2D eigenvalue weighted by atomic mass is 16.6. The summed E-state index contributed by atoms with van der Waals surface area (Å²) in [4.78, 5) is 27.6. The SMILES string of the molecule is CC(C)c1nc(-n2ccnc2)nc(-n2ccnc2)c1[N+](=O)[O-]. The predicted octanol–water partition coefficient (Wildman–Crippen LogP) is 1.88. The topological polar surface area (TPSA) is 105 Å². The highest BCUT2D eigenvalue weighted by Gasteiger charge is 2.27. The van der Waals surface area contributed by atoms with Gasteiger partial charge in [-0.05, 0) is 0 Å². The summed E-state index contributed by atoms with van der Waals surface area (Å²) in [5.74, 6) is 0.383. The Morgan fingerprint density at radius 3 is 2.23 bits per heavy atom. The number of aromatic nitrogens is 6. The Kier molecular flexibility index (Phi) is 3.37. The fourth-order valence-corrected chi connectivity index (χ4v) is 2.08. The molecule has 0 aromatic carbocycles. The number of rotatable bonds is 4. The molecular formula is C13H13N7O2. The minimum Gasteiger partial charge on any atom is -0.285 e. The number of hydrogen-bond acceptors (Lipinski definition) is 6. The van der Waals surface area contributed by atoms with E-state index >= 15 is 0 Å². The van der Waals surface area contributed by atoms with Gasteiger partial charge in [-0.3, -0.25) is 19.2 Å². The second kappa shape index (κ2) is 5.35. The van der Waals surface area contributed by atoms with Crippen molar-refractivity contribution in [2.75, 3.05) is 0 Å². The van der Waals surface area contributed by atoms with Crippen molar-refractivity contribution in [3.8, 4) is 11.8 Å². The summed E-state index contributed by atoms with van der Waals surface area (Å²) >= 11 is 0. The van der Waals surface area contributed by atoms with Crippen LogP contribution < -0.4 is 0 Å². The van der Waals surface area contributed by atoms with Crippen LogP contribution in [0.1, 0.15) is 25.5 Å². The molecule has 3 heterocycles. The van der Waals surface area contributed by atoms with E-state index < -0.39 is 4.92 Å². The van der Waals surface area contributed by atoms with Gasteiger partial charge >= 0.3 is 5.69 Å². The van der Waals surface area contributed by atoms with E-state index in [1.54, 1.807) is 29.5 Å². The maximum Gasteiger partial charge on any atom is 0.334 e. The minimum atomic E-state index is -0.456. The van der Waals surface area contributed by atoms with Crippen molar-refractivity contribution >= 4 is 5.69 Å². The van der Waals surface area contributed by atoms with Gasteiger partial charge in [-0.1, -0.05) is 13.8 Å². The van der Waals surface area contributed by atoms with E-state index in [1.807, 2.05) is 13.8 Å². The third kappa shape index (κ3) is 2.32. The van der Waals surface area contributed by atoms with E-state index in [4.69, 9.17) is 0 Å². The zero-order valence-corrected chi connectivity index (χ0v) is 12.0. The van der Waals surface area contributed by atoms with Gasteiger partial charge in [-0.2, -0.15) is 4.98 Å². The molecule has 3 aromatic rings. The van der Waals surface area contributed by atoms with Crippen LogP contribution in [0.3, 0.4) is 0 Å². The number of imidazole rings is 2. The smallest absolute Gasteiger partial charge is 0.285 e. The summed E-state index contributed by atoms with van der Waals surface area (Å²) in [5, 5.41) is 11.5. The van der Waals surface area contributed by atoms with Crippen LogP contribution in [0.5, 0.6) is 0 Å². The molecule has 0 atom stereocenters. The number of hydrogen-bond donors (Lipinski definition) is 0. The molecule has 9 heteroatoms. The first kappa shape index (κ1) is 13.9. The molecule has 0 radical (unpaired) electrons. The van der Waals surface area contributed by atoms with Gasteiger partial charge in [0.1, 0.15) is 18.3 Å². The molecule has 0 unspecified atom stereocenters. The Morgan fingerprint density at radius 2 is 1.73 bits per heavy atom. The average molecular weight is 299 g/mol. The Hall–Kier alpha value is -3.10. The van der Waals surface area contributed by atoms with Gasteiger partial charge in [0.05, 0.1) is 4.92 Å². The lowest BCUT2D eigenvalue weighted by Gasteiger charge is -2.12. The fourth-order valence-electron chi connectivity index (χ4n) is 2.08. The Labute approximate surface area is 125 Å². The van der Waals surface area contributed by atoms with E-state index in [0.29, 0.717) is 11.6 Å². The summed E-state index contributed by atoms with van der Waals surface area (Å²) in [7, 11) is 0. The molecule has 0 saturated carbocycles. The summed E-state index contributed by atoms with van der Waals surface area (Å²) < 4.78 is 3.11. The Balaban J connectivity index is 2.32. The molecule has 0 aliphatic rings. The summed E-state index contributed by atoms with van der Waals surface area (Å²) in [6.07, 6.45) is 9.44. The summed E-state index contributed by atoms with van der Waals surface area (Å²) in [6, 6.07) is 0. The van der Waals surface area contributed by atoms with Crippen LogP contribution in [0.4, 0.5) is 5.69 Å². The van der Waals surface area contributed by atoms with Gasteiger partial charge in [-0.25, -0.2) is 15.0 Å². The number of nitro groups is 1. The molecule has 0 N–H and O–H groups in total. The van der Waals surface area contributed by atoms with Gasteiger partial charge < -0.3 is 0 Å². The van der Waals surface area contributed by atoms with Gasteiger partial charge in [0.15, 0.2) is 0 Å². The lowest BCUT2D eigenvalue weighted by Crippen LogP contribution is -2.12. The van der Waals surface area contributed by atoms with Gasteiger partial charge in [0.2, 0.25) is 11.8 Å². The van der Waals surface area contributed by atoms with Crippen LogP contribution in [0.15, 0.2) is 37.4 Å². The van der Waals surface area contributed by atoms with Crippen LogP contribution >= 0.6 is 0 Å². The van der Waals surface area contributed by atoms with Crippen LogP contribution in [-0.4, -0.2) is 34.0 Å². The molecule has 0 fully saturated rings. The van der Waals surface area contributed by atoms with E-state index in [9.17, 15) is 10.1 Å².